The molecular weight excluding hydrogens is 320 g/mol. The molecule has 0 amide bonds. The number of hydrogen-bond acceptors (Lipinski definition) is 6. The van der Waals surface area contributed by atoms with Gasteiger partial charge in [-0.15, -0.1) is 11.3 Å². The Bertz CT molecular complexity index is 841. The summed E-state index contributed by atoms with van der Waals surface area (Å²) in [5.41, 5.74) is 6.70. The van der Waals surface area contributed by atoms with E-state index in [1.807, 2.05) is 35.7 Å². The van der Waals surface area contributed by atoms with Gasteiger partial charge in [-0.1, -0.05) is 18.2 Å². The lowest BCUT2D eigenvalue weighted by Gasteiger charge is -2.38. The quantitative estimate of drug-likeness (QED) is 0.767. The lowest BCUT2D eigenvalue weighted by molar-refractivity contribution is 0.170. The summed E-state index contributed by atoms with van der Waals surface area (Å²) in [5.74, 6) is 1.73. The van der Waals surface area contributed by atoms with Gasteiger partial charge in [0.15, 0.2) is 5.82 Å². The molecule has 2 aromatic heterocycles. The van der Waals surface area contributed by atoms with Crippen LogP contribution in [0.5, 0.6) is 0 Å². The molecule has 3 N–H and O–H groups in total. The number of aromatic nitrogens is 2. The Labute approximate surface area is 144 Å². The Hall–Kier alpha value is -2.02. The minimum absolute atomic E-state index is 0.0335. The maximum atomic E-state index is 9.48. The lowest BCUT2D eigenvalue weighted by Crippen LogP contribution is -2.53. The summed E-state index contributed by atoms with van der Waals surface area (Å²) >= 11 is 1.65. The Morgan fingerprint density at radius 1 is 1.12 bits per heavy atom. The number of aliphatic hydroxyl groups is 1. The predicted molar refractivity (Wildman–Crippen MR) is 98.3 cm³/mol. The third-order valence-electron chi connectivity index (χ3n) is 4.70. The molecule has 124 valence electrons. The molecule has 4 rings (SSSR count). The van der Waals surface area contributed by atoms with Crippen molar-refractivity contribution in [3.05, 3.63) is 41.8 Å². The molecule has 0 spiro atoms. The van der Waals surface area contributed by atoms with E-state index in [2.05, 4.69) is 11.0 Å². The summed E-state index contributed by atoms with van der Waals surface area (Å²) in [6.07, 6.45) is 1.52. The van der Waals surface area contributed by atoms with Gasteiger partial charge in [0.25, 0.3) is 0 Å². The van der Waals surface area contributed by atoms with Crippen molar-refractivity contribution in [3.63, 3.8) is 0 Å². The van der Waals surface area contributed by atoms with Crippen LogP contribution in [-0.4, -0.2) is 40.3 Å². The zero-order chi connectivity index (χ0) is 16.6. The number of piperidine rings is 1. The van der Waals surface area contributed by atoms with E-state index >= 15 is 0 Å². The second-order valence-corrected chi connectivity index (χ2v) is 7.32. The molecule has 6 heteroatoms. The van der Waals surface area contributed by atoms with Crippen molar-refractivity contribution in [2.24, 2.45) is 5.73 Å². The molecule has 1 fully saturated rings. The molecule has 0 saturated carbocycles. The largest absolute Gasteiger partial charge is 0.394 e. The fourth-order valence-corrected chi connectivity index (χ4v) is 3.80. The standard InChI is InChI=1S/C18H20N4OS/c19-18(12-23)7-9-22(10-8-18)17-13-4-1-2-5-14(13)20-16(21-17)15-6-3-11-24-15/h1-6,11,23H,7-10,12,19H2. The highest BCUT2D eigenvalue weighted by Gasteiger charge is 2.31. The van der Waals surface area contributed by atoms with Gasteiger partial charge in [-0.3, -0.25) is 0 Å². The molecule has 5 nitrogen and oxygen atoms in total. The van der Waals surface area contributed by atoms with Crippen molar-refractivity contribution in [1.82, 2.24) is 9.97 Å². The SMILES string of the molecule is NC1(CO)CCN(c2nc(-c3cccs3)nc3ccccc23)CC1. The zero-order valence-electron chi connectivity index (χ0n) is 13.4. The van der Waals surface area contributed by atoms with Gasteiger partial charge in [-0.05, 0) is 36.4 Å². The molecular formula is C18H20N4OS. The predicted octanol–water partition coefficient (Wildman–Crippen LogP) is 2.65. The van der Waals surface area contributed by atoms with Crippen LogP contribution < -0.4 is 10.6 Å². The number of nitrogens with zero attached hydrogens (tertiary/aromatic N) is 3. The molecule has 0 aliphatic carbocycles. The minimum Gasteiger partial charge on any atom is -0.394 e. The van der Waals surface area contributed by atoms with Gasteiger partial charge >= 0.3 is 0 Å². The van der Waals surface area contributed by atoms with Crippen LogP contribution in [0.25, 0.3) is 21.6 Å². The zero-order valence-corrected chi connectivity index (χ0v) is 14.2. The summed E-state index contributed by atoms with van der Waals surface area (Å²) in [6, 6.07) is 12.2. The van der Waals surface area contributed by atoms with Crippen molar-refractivity contribution in [3.8, 4) is 10.7 Å². The maximum absolute atomic E-state index is 9.48. The number of benzene rings is 1. The lowest BCUT2D eigenvalue weighted by atomic mass is 9.89. The van der Waals surface area contributed by atoms with Crippen LogP contribution in [0.1, 0.15) is 12.8 Å². The first-order valence-electron chi connectivity index (χ1n) is 8.14. The Morgan fingerprint density at radius 3 is 2.62 bits per heavy atom. The molecule has 3 heterocycles. The van der Waals surface area contributed by atoms with Crippen molar-refractivity contribution in [1.29, 1.82) is 0 Å². The van der Waals surface area contributed by atoms with Crippen LogP contribution in [0.3, 0.4) is 0 Å². The van der Waals surface area contributed by atoms with Crippen molar-refractivity contribution in [2.45, 2.75) is 18.4 Å². The van der Waals surface area contributed by atoms with Gasteiger partial charge in [0.1, 0.15) is 5.82 Å². The van der Waals surface area contributed by atoms with Crippen LogP contribution >= 0.6 is 11.3 Å². The van der Waals surface area contributed by atoms with Crippen molar-refractivity contribution < 1.29 is 5.11 Å². The van der Waals surface area contributed by atoms with E-state index in [4.69, 9.17) is 15.7 Å². The van der Waals surface area contributed by atoms with Gasteiger partial charge in [-0.25, -0.2) is 9.97 Å². The summed E-state index contributed by atoms with van der Waals surface area (Å²) in [4.78, 5) is 12.9. The van der Waals surface area contributed by atoms with Crippen LogP contribution in [-0.2, 0) is 0 Å². The van der Waals surface area contributed by atoms with E-state index in [9.17, 15) is 5.11 Å². The number of anilines is 1. The molecule has 0 radical (unpaired) electrons. The van der Waals surface area contributed by atoms with E-state index in [-0.39, 0.29) is 6.61 Å². The third kappa shape index (κ3) is 2.77. The van der Waals surface area contributed by atoms with E-state index in [0.29, 0.717) is 0 Å². The van der Waals surface area contributed by atoms with Crippen LogP contribution in [0.2, 0.25) is 0 Å². The Balaban J connectivity index is 1.77. The second-order valence-electron chi connectivity index (χ2n) is 6.37. The number of thiophene rings is 1. The first kappa shape index (κ1) is 15.5. The topological polar surface area (TPSA) is 75.3 Å². The van der Waals surface area contributed by atoms with Gasteiger partial charge in [0.2, 0.25) is 0 Å². The molecule has 1 aliphatic heterocycles. The summed E-state index contributed by atoms with van der Waals surface area (Å²) in [7, 11) is 0. The number of hydrogen-bond donors (Lipinski definition) is 2. The first-order chi connectivity index (χ1) is 11.7. The highest BCUT2D eigenvalue weighted by Crippen LogP contribution is 2.32. The molecule has 0 bridgehead atoms. The highest BCUT2D eigenvalue weighted by atomic mass is 32.1. The van der Waals surface area contributed by atoms with Gasteiger partial charge in [0, 0.05) is 24.0 Å². The molecule has 3 aromatic rings. The van der Waals surface area contributed by atoms with E-state index < -0.39 is 5.54 Å². The normalized spacial score (nSPS) is 17.3. The fourth-order valence-electron chi connectivity index (χ4n) is 3.14. The van der Waals surface area contributed by atoms with E-state index in [1.54, 1.807) is 11.3 Å². The highest BCUT2D eigenvalue weighted by molar-refractivity contribution is 7.13. The number of rotatable bonds is 3. The average molecular weight is 340 g/mol. The first-order valence-corrected chi connectivity index (χ1v) is 9.02. The minimum atomic E-state index is -0.462. The second kappa shape index (κ2) is 6.12. The molecule has 0 unspecified atom stereocenters. The van der Waals surface area contributed by atoms with Gasteiger partial charge in [0.05, 0.1) is 17.0 Å². The van der Waals surface area contributed by atoms with Crippen LogP contribution in [0.4, 0.5) is 5.82 Å². The van der Waals surface area contributed by atoms with E-state index in [1.165, 1.54) is 0 Å². The monoisotopic (exact) mass is 340 g/mol. The molecule has 0 atom stereocenters. The number of para-hydroxylation sites is 1. The summed E-state index contributed by atoms with van der Waals surface area (Å²) in [6.45, 7) is 1.62. The molecule has 24 heavy (non-hydrogen) atoms. The molecule has 1 aliphatic rings. The van der Waals surface area contributed by atoms with Crippen LogP contribution in [0, 0.1) is 0 Å². The number of aliphatic hydroxyl groups excluding tert-OH is 1. The Morgan fingerprint density at radius 2 is 1.92 bits per heavy atom. The van der Waals surface area contributed by atoms with Crippen molar-refractivity contribution >= 4 is 28.1 Å². The summed E-state index contributed by atoms with van der Waals surface area (Å²) < 4.78 is 0. The van der Waals surface area contributed by atoms with Crippen LogP contribution in [0.15, 0.2) is 41.8 Å². The van der Waals surface area contributed by atoms with Gasteiger partial charge in [-0.2, -0.15) is 0 Å². The van der Waals surface area contributed by atoms with Gasteiger partial charge < -0.3 is 15.7 Å². The molecule has 1 aromatic carbocycles. The molecule has 1 saturated heterocycles. The third-order valence-corrected chi connectivity index (χ3v) is 5.56. The maximum Gasteiger partial charge on any atom is 0.172 e. The van der Waals surface area contributed by atoms with Crippen molar-refractivity contribution in [2.75, 3.05) is 24.6 Å². The number of fused-ring (bicyclic) bond motifs is 1. The number of nitrogens with two attached hydrogens (primary N) is 1. The fraction of sp³-hybridized carbons (Fsp3) is 0.333. The average Bonchev–Trinajstić information content (AvgIpc) is 3.16. The van der Waals surface area contributed by atoms with E-state index in [0.717, 1.165) is 53.4 Å². The Kier molecular flexibility index (Phi) is 3.96. The smallest absolute Gasteiger partial charge is 0.172 e. The summed E-state index contributed by atoms with van der Waals surface area (Å²) in [5, 5.41) is 12.6.